The van der Waals surface area contributed by atoms with Crippen LogP contribution in [0.2, 0.25) is 0 Å². The predicted molar refractivity (Wildman–Crippen MR) is 44.3 cm³/mol. The van der Waals surface area contributed by atoms with Gasteiger partial charge in [0.25, 0.3) is 0 Å². The molecule has 0 aliphatic carbocycles. The minimum absolute atomic E-state index is 0.847. The van der Waals surface area contributed by atoms with Crippen molar-refractivity contribution in [3.63, 3.8) is 0 Å². The molecule has 0 aliphatic heterocycles. The zero-order valence-electron chi connectivity index (χ0n) is 7.15. The molecule has 0 saturated carbocycles. The molecule has 1 N–H and O–H groups in total. The summed E-state index contributed by atoms with van der Waals surface area (Å²) >= 11 is 0. The van der Waals surface area contributed by atoms with Crippen LogP contribution in [-0.2, 0) is 4.74 Å². The summed E-state index contributed by atoms with van der Waals surface area (Å²) in [6.07, 6.45) is 3.77. The van der Waals surface area contributed by atoms with Crippen LogP contribution in [0.15, 0.2) is 0 Å². The lowest BCUT2D eigenvalue weighted by Crippen LogP contribution is -2.14. The van der Waals surface area contributed by atoms with E-state index in [1.54, 1.807) is 0 Å². The van der Waals surface area contributed by atoms with E-state index in [1.807, 2.05) is 7.05 Å². The van der Waals surface area contributed by atoms with Gasteiger partial charge in [-0.25, -0.2) is 0 Å². The fourth-order valence-corrected chi connectivity index (χ4v) is 0.730. The average Bonchev–Trinajstić information content (AvgIpc) is 1.97. The summed E-state index contributed by atoms with van der Waals surface area (Å²) in [4.78, 5) is 0. The molecular formula is C8H19NO. The van der Waals surface area contributed by atoms with Crippen molar-refractivity contribution in [2.24, 2.45) is 0 Å². The van der Waals surface area contributed by atoms with E-state index in [1.165, 1.54) is 19.3 Å². The average molecular weight is 145 g/mol. The van der Waals surface area contributed by atoms with Crippen LogP contribution in [0.1, 0.15) is 26.2 Å². The minimum Gasteiger partial charge on any atom is -0.380 e. The normalized spacial score (nSPS) is 10.2. The molecule has 0 saturated heterocycles. The smallest absolute Gasteiger partial charge is 0.0590 e. The van der Waals surface area contributed by atoms with E-state index >= 15 is 0 Å². The lowest BCUT2D eigenvalue weighted by Gasteiger charge is -2.01. The molecule has 0 spiro atoms. The third-order valence-corrected chi connectivity index (χ3v) is 1.39. The molecule has 0 bridgehead atoms. The second-order valence-corrected chi connectivity index (χ2v) is 2.42. The third kappa shape index (κ3) is 7.92. The Hall–Kier alpha value is -0.0800. The van der Waals surface area contributed by atoms with Crippen LogP contribution >= 0.6 is 0 Å². The van der Waals surface area contributed by atoms with Crippen LogP contribution in [0.25, 0.3) is 0 Å². The Kier molecular flexibility index (Phi) is 8.85. The van der Waals surface area contributed by atoms with Crippen LogP contribution in [0.4, 0.5) is 0 Å². The lowest BCUT2D eigenvalue weighted by atomic mass is 10.3. The van der Waals surface area contributed by atoms with Crippen molar-refractivity contribution in [2.45, 2.75) is 26.2 Å². The highest BCUT2D eigenvalue weighted by molar-refractivity contribution is 4.38. The molecule has 0 fully saturated rings. The van der Waals surface area contributed by atoms with Crippen LogP contribution in [-0.4, -0.2) is 26.8 Å². The number of hydrogen-bond donors (Lipinski definition) is 1. The van der Waals surface area contributed by atoms with Gasteiger partial charge in [0.15, 0.2) is 0 Å². The molecule has 0 aromatic carbocycles. The van der Waals surface area contributed by atoms with Crippen molar-refractivity contribution >= 4 is 0 Å². The van der Waals surface area contributed by atoms with Gasteiger partial charge in [0.2, 0.25) is 0 Å². The molecule has 10 heavy (non-hydrogen) atoms. The van der Waals surface area contributed by atoms with Gasteiger partial charge in [-0.2, -0.15) is 0 Å². The van der Waals surface area contributed by atoms with E-state index < -0.39 is 0 Å². The topological polar surface area (TPSA) is 21.3 Å². The molecule has 0 aromatic rings. The highest BCUT2D eigenvalue weighted by atomic mass is 16.5. The Bertz CT molecular complexity index is 49.2. The van der Waals surface area contributed by atoms with Crippen molar-refractivity contribution in [3.05, 3.63) is 0 Å². The molecule has 0 radical (unpaired) electrons. The zero-order chi connectivity index (χ0) is 7.66. The van der Waals surface area contributed by atoms with E-state index in [4.69, 9.17) is 4.74 Å². The molecular weight excluding hydrogens is 126 g/mol. The van der Waals surface area contributed by atoms with Gasteiger partial charge in [0.1, 0.15) is 0 Å². The van der Waals surface area contributed by atoms with E-state index in [0.29, 0.717) is 0 Å². The van der Waals surface area contributed by atoms with Gasteiger partial charge >= 0.3 is 0 Å². The Morgan fingerprint density at radius 1 is 1.20 bits per heavy atom. The monoisotopic (exact) mass is 145 g/mol. The Balaban J connectivity index is 2.65. The maximum atomic E-state index is 5.31. The molecule has 0 unspecified atom stereocenters. The highest BCUT2D eigenvalue weighted by Crippen LogP contribution is 1.93. The zero-order valence-corrected chi connectivity index (χ0v) is 7.15. The fraction of sp³-hybridized carbons (Fsp3) is 1.00. The van der Waals surface area contributed by atoms with Gasteiger partial charge in [0, 0.05) is 13.2 Å². The van der Waals surface area contributed by atoms with Crippen molar-refractivity contribution in [1.82, 2.24) is 5.32 Å². The van der Waals surface area contributed by atoms with Crippen molar-refractivity contribution in [2.75, 3.05) is 26.8 Å². The first-order chi connectivity index (χ1) is 4.91. The molecule has 0 rings (SSSR count). The SMILES string of the molecule is CCCCCOCCNC. The molecule has 2 nitrogen and oxygen atoms in total. The van der Waals surface area contributed by atoms with Gasteiger partial charge < -0.3 is 10.1 Å². The van der Waals surface area contributed by atoms with E-state index in [2.05, 4.69) is 12.2 Å². The van der Waals surface area contributed by atoms with Gasteiger partial charge in [-0.15, -0.1) is 0 Å². The van der Waals surface area contributed by atoms with E-state index in [-0.39, 0.29) is 0 Å². The summed E-state index contributed by atoms with van der Waals surface area (Å²) in [5.74, 6) is 0. The summed E-state index contributed by atoms with van der Waals surface area (Å²) in [6.45, 7) is 4.94. The molecule has 0 atom stereocenters. The number of ether oxygens (including phenoxy) is 1. The number of hydrogen-bond acceptors (Lipinski definition) is 2. The molecule has 0 heterocycles. The first-order valence-corrected chi connectivity index (χ1v) is 4.14. The Morgan fingerprint density at radius 3 is 2.60 bits per heavy atom. The standard InChI is InChI=1S/C8H19NO/c1-3-4-5-7-10-8-6-9-2/h9H,3-8H2,1-2H3. The second-order valence-electron chi connectivity index (χ2n) is 2.42. The molecule has 62 valence electrons. The lowest BCUT2D eigenvalue weighted by molar-refractivity contribution is 0.133. The van der Waals surface area contributed by atoms with E-state index in [0.717, 1.165) is 19.8 Å². The molecule has 0 aromatic heterocycles. The summed E-state index contributed by atoms with van der Waals surface area (Å²) in [6, 6.07) is 0. The first-order valence-electron chi connectivity index (χ1n) is 4.14. The maximum absolute atomic E-state index is 5.31. The predicted octanol–water partition coefficient (Wildman–Crippen LogP) is 1.41. The van der Waals surface area contributed by atoms with Crippen LogP contribution < -0.4 is 5.32 Å². The van der Waals surface area contributed by atoms with Crippen molar-refractivity contribution in [1.29, 1.82) is 0 Å². The Morgan fingerprint density at radius 2 is 2.00 bits per heavy atom. The maximum Gasteiger partial charge on any atom is 0.0590 e. The van der Waals surface area contributed by atoms with Gasteiger partial charge in [-0.05, 0) is 13.5 Å². The molecule has 2 heteroatoms. The first kappa shape index (κ1) is 9.92. The number of unbranched alkanes of at least 4 members (excludes halogenated alkanes) is 2. The summed E-state index contributed by atoms with van der Waals surface area (Å²) in [5, 5.41) is 3.03. The highest BCUT2D eigenvalue weighted by Gasteiger charge is 1.86. The summed E-state index contributed by atoms with van der Waals surface area (Å²) in [7, 11) is 1.94. The van der Waals surface area contributed by atoms with Crippen LogP contribution in [0.3, 0.4) is 0 Å². The van der Waals surface area contributed by atoms with Gasteiger partial charge in [-0.1, -0.05) is 19.8 Å². The largest absolute Gasteiger partial charge is 0.380 e. The quantitative estimate of drug-likeness (QED) is 0.547. The summed E-state index contributed by atoms with van der Waals surface area (Å²) < 4.78 is 5.31. The summed E-state index contributed by atoms with van der Waals surface area (Å²) in [5.41, 5.74) is 0. The second kappa shape index (κ2) is 8.92. The third-order valence-electron chi connectivity index (χ3n) is 1.39. The van der Waals surface area contributed by atoms with E-state index in [9.17, 15) is 0 Å². The van der Waals surface area contributed by atoms with Gasteiger partial charge in [0.05, 0.1) is 6.61 Å². The molecule has 0 amide bonds. The van der Waals surface area contributed by atoms with Crippen LogP contribution in [0, 0.1) is 0 Å². The number of rotatable bonds is 7. The Labute approximate surface area is 64.0 Å². The molecule has 0 aliphatic rings. The minimum atomic E-state index is 0.847. The van der Waals surface area contributed by atoms with Crippen molar-refractivity contribution in [3.8, 4) is 0 Å². The van der Waals surface area contributed by atoms with Crippen molar-refractivity contribution < 1.29 is 4.74 Å². The number of nitrogens with one attached hydrogen (secondary N) is 1. The fourth-order valence-electron chi connectivity index (χ4n) is 0.730. The number of likely N-dealkylation sites (N-methyl/N-ethyl adjacent to an activating group) is 1. The van der Waals surface area contributed by atoms with Crippen LogP contribution in [0.5, 0.6) is 0 Å². The van der Waals surface area contributed by atoms with Gasteiger partial charge in [-0.3, -0.25) is 0 Å².